The van der Waals surface area contributed by atoms with E-state index in [4.69, 9.17) is 56.8 Å². The molecule has 2 aliphatic heterocycles. The maximum absolute atomic E-state index is 13.3. The fraction of sp³-hybridized carbons (Fsp3) is 0.394. The Bertz CT molecular complexity index is 3360. The minimum absolute atomic E-state index is 0.0516. The number of carbonyl (C=O) groups is 2. The number of quaternary nitrogens is 2. The molecule has 0 saturated carbocycles. The van der Waals surface area contributed by atoms with E-state index in [1.807, 2.05) is 24.3 Å². The molecule has 4 atom stereocenters. The molecule has 8 rings (SSSR count). The molecular weight excluding hydrogens is 1200 g/mol. The summed E-state index contributed by atoms with van der Waals surface area (Å²) in [5.41, 5.74) is 6.58. The van der Waals surface area contributed by atoms with E-state index in [-0.39, 0.29) is 59.9 Å². The quantitative estimate of drug-likeness (QED) is 0.0213. The average Bonchev–Trinajstić information content (AvgIpc) is 0.788. The van der Waals surface area contributed by atoms with Gasteiger partial charge in [0.05, 0.1) is 134 Å². The van der Waals surface area contributed by atoms with Crippen molar-refractivity contribution < 1.29 is 101 Å². The zero-order valence-electron chi connectivity index (χ0n) is 53.1. The van der Waals surface area contributed by atoms with E-state index >= 15 is 0 Å². The van der Waals surface area contributed by atoms with Crippen molar-refractivity contribution in [1.82, 2.24) is 0 Å². The van der Waals surface area contributed by atoms with Crippen LogP contribution < -0.4 is 47.4 Å². The Balaban J connectivity index is 0.000000543. The first kappa shape index (κ1) is 70.8. The highest BCUT2D eigenvalue weighted by molar-refractivity contribution is 7.86. The number of nitrogens with zero attached hydrogens (tertiary/aromatic N) is 2. The van der Waals surface area contributed by atoms with Gasteiger partial charge >= 0.3 is 11.9 Å². The van der Waals surface area contributed by atoms with E-state index in [2.05, 4.69) is 38.4 Å². The number of ether oxygens (including phenoxy) is 12. The minimum atomic E-state index is -4.25. The number of hydrogen-bond acceptors (Lipinski definition) is 20. The van der Waals surface area contributed by atoms with Crippen molar-refractivity contribution in [3.05, 3.63) is 155 Å². The summed E-state index contributed by atoms with van der Waals surface area (Å²) in [6.45, 7) is 2.77. The van der Waals surface area contributed by atoms with Gasteiger partial charge in [-0.1, -0.05) is 36.4 Å². The van der Waals surface area contributed by atoms with Crippen molar-refractivity contribution >= 4 is 32.2 Å². The maximum Gasteiger partial charge on any atom is 0.311 e. The monoisotopic (exact) mass is 1290 g/mol. The van der Waals surface area contributed by atoms with Crippen LogP contribution in [0.5, 0.6) is 57.5 Å². The van der Waals surface area contributed by atoms with Gasteiger partial charge in [-0.3, -0.25) is 9.59 Å². The molecule has 6 aromatic carbocycles. The first-order valence-electron chi connectivity index (χ1n) is 28.7. The molecule has 2 unspecified atom stereocenters. The average molecular weight is 1290 g/mol. The minimum Gasteiger partial charge on any atom is -0.744 e. The van der Waals surface area contributed by atoms with Crippen LogP contribution >= 0.6 is 0 Å². The first-order valence-corrected chi connectivity index (χ1v) is 31.5. The van der Waals surface area contributed by atoms with Gasteiger partial charge in [0.1, 0.15) is 45.5 Å². The van der Waals surface area contributed by atoms with Gasteiger partial charge in [0.2, 0.25) is 11.5 Å². The smallest absolute Gasteiger partial charge is 0.311 e. The van der Waals surface area contributed by atoms with E-state index in [1.54, 1.807) is 95.4 Å². The van der Waals surface area contributed by atoms with Crippen LogP contribution in [0, 0.1) is 0 Å². The summed E-state index contributed by atoms with van der Waals surface area (Å²) >= 11 is 0. The second kappa shape index (κ2) is 32.5. The van der Waals surface area contributed by atoms with Crippen LogP contribution in [-0.2, 0) is 65.0 Å². The molecular formula is C66H82N2O20S2. The summed E-state index contributed by atoms with van der Waals surface area (Å²) < 4.78 is 131. The van der Waals surface area contributed by atoms with Crippen LogP contribution in [0.1, 0.15) is 58.3 Å². The van der Waals surface area contributed by atoms with Crippen molar-refractivity contribution in [2.75, 3.05) is 125 Å². The van der Waals surface area contributed by atoms with E-state index < -0.39 is 20.2 Å². The van der Waals surface area contributed by atoms with Crippen molar-refractivity contribution in [3.8, 4) is 57.5 Å². The lowest BCUT2D eigenvalue weighted by Crippen LogP contribution is -2.53. The number of likely N-dealkylation sites (N-methyl/N-ethyl adjacent to an activating group) is 2. The predicted octanol–water partition coefficient (Wildman–Crippen LogP) is 8.65. The summed E-state index contributed by atoms with van der Waals surface area (Å²) in [5.74, 6) is 5.35. The van der Waals surface area contributed by atoms with Gasteiger partial charge in [-0.25, -0.2) is 16.8 Å². The molecule has 0 bridgehead atoms. The second-order valence-electron chi connectivity index (χ2n) is 21.5. The molecule has 24 heteroatoms. The summed E-state index contributed by atoms with van der Waals surface area (Å²) in [4.78, 5) is 26.2. The zero-order valence-corrected chi connectivity index (χ0v) is 54.7. The third-order valence-corrected chi connectivity index (χ3v) is 17.9. The largest absolute Gasteiger partial charge is 0.744 e. The Morgan fingerprint density at radius 2 is 0.744 bits per heavy atom. The van der Waals surface area contributed by atoms with E-state index in [0.717, 1.165) is 48.2 Å². The highest BCUT2D eigenvalue weighted by atomic mass is 32.2. The molecule has 0 amide bonds. The van der Waals surface area contributed by atoms with Crippen molar-refractivity contribution in [2.24, 2.45) is 0 Å². The molecule has 0 fully saturated rings. The molecule has 90 heavy (non-hydrogen) atoms. The Morgan fingerprint density at radius 3 is 1.01 bits per heavy atom. The van der Waals surface area contributed by atoms with Gasteiger partial charge in [-0.05, 0) is 107 Å². The Morgan fingerprint density at radius 1 is 0.444 bits per heavy atom. The highest BCUT2D eigenvalue weighted by Crippen LogP contribution is 2.47. The lowest BCUT2D eigenvalue weighted by molar-refractivity contribution is -0.940. The second-order valence-corrected chi connectivity index (χ2v) is 24.3. The van der Waals surface area contributed by atoms with Crippen LogP contribution in [0.4, 0.5) is 0 Å². The molecule has 0 spiro atoms. The Labute approximate surface area is 528 Å². The number of carbonyl (C=O) groups excluding carboxylic acids is 2. The van der Waals surface area contributed by atoms with Gasteiger partial charge in [0.15, 0.2) is 46.0 Å². The molecule has 0 aliphatic carbocycles. The van der Waals surface area contributed by atoms with Crippen molar-refractivity contribution in [1.29, 1.82) is 0 Å². The zero-order chi connectivity index (χ0) is 65.8. The fourth-order valence-electron chi connectivity index (χ4n) is 11.2. The summed E-state index contributed by atoms with van der Waals surface area (Å²) in [6, 6.07) is 30.4. The van der Waals surface area contributed by atoms with Gasteiger partial charge in [0.25, 0.3) is 0 Å². The number of benzene rings is 6. The van der Waals surface area contributed by atoms with Crippen LogP contribution in [-0.4, -0.2) is 171 Å². The molecule has 22 nitrogen and oxygen atoms in total. The molecule has 0 radical (unpaired) electrons. The predicted molar refractivity (Wildman–Crippen MR) is 333 cm³/mol. The molecule has 2 heterocycles. The molecule has 6 aromatic rings. The van der Waals surface area contributed by atoms with Crippen LogP contribution in [0.25, 0.3) is 0 Å². The lowest BCUT2D eigenvalue weighted by atomic mass is 9.86. The summed E-state index contributed by atoms with van der Waals surface area (Å²) in [7, 11) is 12.0. The summed E-state index contributed by atoms with van der Waals surface area (Å²) in [5, 5.41) is 0. The van der Waals surface area contributed by atoms with Gasteiger partial charge < -0.3 is 74.9 Å². The molecule has 0 saturated heterocycles. The van der Waals surface area contributed by atoms with E-state index in [9.17, 15) is 35.5 Å². The van der Waals surface area contributed by atoms with Crippen LogP contribution in [0.3, 0.4) is 0 Å². The number of esters is 2. The number of hydrogen-bond donors (Lipinski definition) is 0. The highest BCUT2D eigenvalue weighted by Gasteiger charge is 2.42. The van der Waals surface area contributed by atoms with Crippen LogP contribution in [0.2, 0.25) is 0 Å². The number of methoxy groups -OCH3 is 10. The van der Waals surface area contributed by atoms with Crippen molar-refractivity contribution in [3.63, 3.8) is 0 Å². The third-order valence-electron chi connectivity index (χ3n) is 16.2. The van der Waals surface area contributed by atoms with E-state index in [1.165, 1.54) is 59.7 Å². The summed E-state index contributed by atoms with van der Waals surface area (Å²) in [6.07, 6.45) is 6.65. The van der Waals surface area contributed by atoms with Gasteiger partial charge in [-0.15, -0.1) is 0 Å². The first-order chi connectivity index (χ1) is 43.0. The topological polar surface area (TPSA) is 259 Å². The fourth-order valence-corrected chi connectivity index (χ4v) is 12.2. The maximum atomic E-state index is 13.3. The molecule has 488 valence electrons. The lowest BCUT2D eigenvalue weighted by Gasteiger charge is -2.46. The standard InChI is InChI=1S/C54H72N2O14.2C6H6O3S/c1-55(19-15-37-31-43(59-3)45(61-5)33-39(37)41(55)25-35-27-47(63-7)53(67-11)48(28-35)64-8)21-17-51(57)69-23-13-14-24-70-52(58)18-22-56(2)20-16-38-32-44(60-4)46(62-6)34-40(38)42(56)26-36-29-49(65-9)54(68-12)50(30-36)66-10;2*7-10(8,9)6-4-2-1-3-5-6/h13-14,27-34,41-42H,15-26H2,1-12H3;2*1-5H,(H,7,8,9)/q+2;;/p-2/b14-13-;;/t41-,42-,55?,56?;;/m1../s1. The Kier molecular flexibility index (Phi) is 25.6. The number of fused-ring (bicyclic) bond motifs is 2. The third kappa shape index (κ3) is 18.2. The number of rotatable bonds is 26. The van der Waals surface area contributed by atoms with Gasteiger partial charge in [0, 0.05) is 36.8 Å². The normalized spacial score (nSPS) is 17.5. The Hall–Kier alpha value is -8.26. The SMILES string of the molecule is COc1cc2c(cc1OC)[C@@H](Cc1cc(OC)c(OC)c(OC)c1)[N+](C)(CCC(=O)OC/C=C\COC(=O)CC[N+]1(C)CCc3cc(OC)c(OC)cc3[C@H]1Cc1cc(OC)c(OC)c(OC)c1)CC2.O=S(=O)([O-])c1ccccc1.O=S(=O)([O-])c1ccccc1. The van der Waals surface area contributed by atoms with Crippen molar-refractivity contribution in [2.45, 2.75) is 60.4 Å². The van der Waals surface area contributed by atoms with Gasteiger partial charge in [-0.2, -0.15) is 0 Å². The van der Waals surface area contributed by atoms with Crippen LogP contribution in [0.15, 0.2) is 131 Å². The molecule has 0 aromatic heterocycles. The van der Waals surface area contributed by atoms with E-state index in [0.29, 0.717) is 92.4 Å². The molecule has 0 N–H and O–H groups in total. The molecule has 2 aliphatic rings.